The minimum atomic E-state index is -3.94. The summed E-state index contributed by atoms with van der Waals surface area (Å²) < 4.78 is 71.0. The van der Waals surface area contributed by atoms with Crippen LogP contribution in [0.5, 0.6) is 0 Å². The van der Waals surface area contributed by atoms with E-state index < -0.39 is 61.4 Å². The molecule has 1 amide bonds. The number of ketones is 2. The summed E-state index contributed by atoms with van der Waals surface area (Å²) in [6.07, 6.45) is 1.28. The lowest BCUT2D eigenvalue weighted by atomic mass is 9.95. The molecule has 0 aliphatic rings. The summed E-state index contributed by atoms with van der Waals surface area (Å²) in [6, 6.07) is 0. The molecule has 0 aromatic carbocycles. The van der Waals surface area contributed by atoms with Crippen molar-refractivity contribution in [2.45, 2.75) is 105 Å². The molecule has 0 aromatic heterocycles. The number of methoxy groups -OCH3 is 2. The van der Waals surface area contributed by atoms with Gasteiger partial charge in [0, 0.05) is 12.8 Å². The number of unbranched alkanes of at least 4 members (excludes halogenated alkanes) is 2. The molecule has 1 unspecified atom stereocenters. The zero-order chi connectivity index (χ0) is 35.7. The summed E-state index contributed by atoms with van der Waals surface area (Å²) in [4.78, 5) is 56.8. The molecule has 264 valence electrons. The van der Waals surface area contributed by atoms with Crippen molar-refractivity contribution in [3.05, 3.63) is 0 Å². The number of rotatable bonds is 19. The molecule has 0 saturated carbocycles. The van der Waals surface area contributed by atoms with Gasteiger partial charge < -0.3 is 29.1 Å². The first-order valence-corrected chi connectivity index (χ1v) is 17.4. The third-order valence-electron chi connectivity index (χ3n) is 5.62. The molecule has 0 bridgehead atoms. The van der Waals surface area contributed by atoms with Crippen LogP contribution < -0.4 is 5.32 Å². The Balaban J connectivity index is 0. The number of alkyl carbamates (subject to hydrolysis) is 1. The molecular weight excluding hydrogens is 638 g/mol. The monoisotopic (exact) mass is 689 g/mol. The summed E-state index contributed by atoms with van der Waals surface area (Å²) in [7, 11) is -5.27. The van der Waals surface area contributed by atoms with Crippen LogP contribution in [0.25, 0.3) is 0 Å². The Morgan fingerprint density at radius 2 is 1.02 bits per heavy atom. The van der Waals surface area contributed by atoms with Gasteiger partial charge >= 0.3 is 18.0 Å². The quantitative estimate of drug-likeness (QED) is 0.0894. The number of hydrogen-bond donors (Lipinski definition) is 1. The van der Waals surface area contributed by atoms with Crippen LogP contribution in [0.1, 0.15) is 93.9 Å². The van der Waals surface area contributed by atoms with E-state index in [0.717, 1.165) is 7.11 Å². The van der Waals surface area contributed by atoms with Crippen LogP contribution in [0.4, 0.5) is 4.79 Å². The smallest absolute Gasteiger partial charge is 0.408 e. The zero-order valence-corrected chi connectivity index (χ0v) is 29.7. The summed E-state index contributed by atoms with van der Waals surface area (Å²) in [5.74, 6) is -1.86. The second-order valence-electron chi connectivity index (χ2n) is 12.2. The molecule has 0 spiro atoms. The lowest BCUT2D eigenvalue weighted by Crippen LogP contribution is -2.57. The van der Waals surface area contributed by atoms with Gasteiger partial charge in [-0.2, -0.15) is 16.8 Å². The average molecular weight is 690 g/mol. The van der Waals surface area contributed by atoms with Gasteiger partial charge in [0.25, 0.3) is 20.2 Å². The van der Waals surface area contributed by atoms with Crippen molar-refractivity contribution in [3.8, 4) is 0 Å². The van der Waals surface area contributed by atoms with Crippen molar-refractivity contribution in [2.75, 3.05) is 38.9 Å². The first-order valence-electron chi connectivity index (χ1n) is 14.2. The lowest BCUT2D eigenvalue weighted by Gasteiger charge is -2.29. The number of esters is 2. The van der Waals surface area contributed by atoms with Crippen LogP contribution in [-0.2, 0) is 62.0 Å². The van der Waals surface area contributed by atoms with Gasteiger partial charge in [0.2, 0.25) is 0 Å². The molecule has 0 aliphatic carbocycles. The van der Waals surface area contributed by atoms with Crippen LogP contribution in [0.15, 0.2) is 0 Å². The van der Waals surface area contributed by atoms with Crippen molar-refractivity contribution >= 4 is 49.8 Å². The summed E-state index contributed by atoms with van der Waals surface area (Å²) >= 11 is 0. The first-order chi connectivity index (χ1) is 20.3. The second kappa shape index (κ2) is 19.8. The Bertz CT molecular complexity index is 1200. The Kier molecular flexibility index (Phi) is 19.6. The van der Waals surface area contributed by atoms with E-state index in [0.29, 0.717) is 25.7 Å². The molecule has 0 radical (unpaired) electrons. The fraction of sp³-hybridized carbons (Fsp3) is 0.821. The van der Waals surface area contributed by atoms with Crippen molar-refractivity contribution in [2.24, 2.45) is 5.41 Å². The Labute approximate surface area is 267 Å². The summed E-state index contributed by atoms with van der Waals surface area (Å²) in [5.41, 5.74) is -3.56. The molecule has 0 rings (SSSR count). The molecule has 45 heavy (non-hydrogen) atoms. The third-order valence-corrected chi connectivity index (χ3v) is 8.15. The van der Waals surface area contributed by atoms with Crippen molar-refractivity contribution in [3.63, 3.8) is 0 Å². The number of amides is 1. The maximum Gasteiger partial charge on any atom is 0.408 e. The summed E-state index contributed by atoms with van der Waals surface area (Å²) in [6.45, 7) is 11.3. The molecular formula is C28H51NO14S2. The van der Waals surface area contributed by atoms with Crippen molar-refractivity contribution in [1.29, 1.82) is 0 Å². The van der Waals surface area contributed by atoms with Crippen LogP contribution in [0.3, 0.4) is 0 Å². The van der Waals surface area contributed by atoms with Gasteiger partial charge in [0.1, 0.15) is 23.8 Å². The highest BCUT2D eigenvalue weighted by atomic mass is 32.2. The highest BCUT2D eigenvalue weighted by molar-refractivity contribution is 7.86. The van der Waals surface area contributed by atoms with Crippen molar-refractivity contribution in [1.82, 2.24) is 5.32 Å². The summed E-state index contributed by atoms with van der Waals surface area (Å²) in [5, 5.41) is 2.29. The SMILES string of the molecule is COC(=O)C(C)(C)COS(=O)(=O)CCCCC(C)=O.COC(=O)C(C)(COS(=O)(=O)CCCCC(C)=O)NC(=O)OC(C)(C)C. The largest absolute Gasteiger partial charge is 0.469 e. The molecule has 0 fully saturated rings. The van der Waals surface area contributed by atoms with E-state index in [2.05, 4.69) is 14.8 Å². The Morgan fingerprint density at radius 1 is 0.622 bits per heavy atom. The molecule has 0 aliphatic heterocycles. The fourth-order valence-electron chi connectivity index (χ4n) is 3.10. The van der Waals surface area contributed by atoms with Gasteiger partial charge in [-0.3, -0.25) is 13.2 Å². The zero-order valence-electron chi connectivity index (χ0n) is 28.1. The van der Waals surface area contributed by atoms with Crippen LogP contribution in [0, 0.1) is 5.41 Å². The normalized spacial score (nSPS) is 13.4. The highest BCUT2D eigenvalue weighted by Crippen LogP contribution is 2.19. The Morgan fingerprint density at radius 3 is 1.38 bits per heavy atom. The minimum Gasteiger partial charge on any atom is -0.469 e. The van der Waals surface area contributed by atoms with Gasteiger partial charge in [-0.25, -0.2) is 9.59 Å². The molecule has 0 saturated heterocycles. The molecule has 0 aromatic rings. The van der Waals surface area contributed by atoms with E-state index in [9.17, 15) is 40.8 Å². The number of carbonyl (C=O) groups is 5. The van der Waals surface area contributed by atoms with Crippen LogP contribution in [-0.4, -0.2) is 96.5 Å². The molecule has 15 nitrogen and oxygen atoms in total. The standard InChI is InChI=1S/C16H29NO8S.C12H22O6S/c1-12(18)9-7-8-10-26(21,22)24-11-16(5,13(19)23-6)17-14(20)25-15(2,3)4;1-10(13)7-5-6-8-19(15,16)18-9-12(2,3)11(14)17-4/h7-11H2,1-6H3,(H,17,20);5-9H2,1-4H3. The van der Waals surface area contributed by atoms with E-state index in [1.54, 1.807) is 34.6 Å². The number of carbonyl (C=O) groups excluding carboxylic acids is 5. The molecule has 0 heterocycles. The highest BCUT2D eigenvalue weighted by Gasteiger charge is 2.39. The maximum absolute atomic E-state index is 12.0. The minimum absolute atomic E-state index is 0.0249. The van der Waals surface area contributed by atoms with Crippen LogP contribution in [0.2, 0.25) is 0 Å². The molecule has 1 atom stereocenters. The fourth-order valence-corrected chi connectivity index (χ4v) is 5.34. The van der Waals surface area contributed by atoms with Gasteiger partial charge in [0.05, 0.1) is 37.7 Å². The first kappa shape index (κ1) is 44.5. The van der Waals surface area contributed by atoms with Gasteiger partial charge in [-0.1, -0.05) is 0 Å². The molecule has 17 heteroatoms. The average Bonchev–Trinajstić information content (AvgIpc) is 2.89. The third kappa shape index (κ3) is 22.5. The number of ether oxygens (including phenoxy) is 3. The topological polar surface area (TPSA) is 212 Å². The Hall–Kier alpha value is -2.63. The van der Waals surface area contributed by atoms with Gasteiger partial charge in [0.15, 0.2) is 5.54 Å². The molecule has 1 N–H and O–H groups in total. The lowest BCUT2D eigenvalue weighted by molar-refractivity contribution is -0.152. The van der Waals surface area contributed by atoms with Crippen molar-refractivity contribution < 1.29 is 63.4 Å². The van der Waals surface area contributed by atoms with Gasteiger partial charge in [-0.15, -0.1) is 0 Å². The maximum atomic E-state index is 12.0. The van der Waals surface area contributed by atoms with Gasteiger partial charge in [-0.05, 0) is 81.1 Å². The predicted molar refractivity (Wildman–Crippen MR) is 164 cm³/mol. The van der Waals surface area contributed by atoms with E-state index in [4.69, 9.17) is 13.1 Å². The van der Waals surface area contributed by atoms with E-state index in [1.165, 1.54) is 27.9 Å². The number of nitrogens with one attached hydrogen (secondary N) is 1. The predicted octanol–water partition coefficient (Wildman–Crippen LogP) is 2.84. The second-order valence-corrected chi connectivity index (χ2v) is 15.7. The van der Waals surface area contributed by atoms with E-state index in [1.807, 2.05) is 0 Å². The number of Topliss-reactive ketones (excluding diaryl/α,β-unsaturated/α-hetero) is 2. The van der Waals surface area contributed by atoms with E-state index in [-0.39, 0.29) is 42.5 Å². The van der Waals surface area contributed by atoms with Crippen LogP contribution >= 0.6 is 0 Å². The number of hydrogen-bond acceptors (Lipinski definition) is 14. The van der Waals surface area contributed by atoms with E-state index >= 15 is 0 Å².